The van der Waals surface area contributed by atoms with Crippen LogP contribution in [0.1, 0.15) is 26.7 Å². The molecule has 0 aromatic carbocycles. The van der Waals surface area contributed by atoms with Gasteiger partial charge in [0.2, 0.25) is 10.0 Å². The highest BCUT2D eigenvalue weighted by Crippen LogP contribution is 2.24. The van der Waals surface area contributed by atoms with Gasteiger partial charge in [-0.25, -0.2) is 8.42 Å². The molecule has 100 valence electrons. The molecule has 1 atom stereocenters. The summed E-state index contributed by atoms with van der Waals surface area (Å²) in [5, 5.41) is 3.19. The molecule has 2 fully saturated rings. The maximum atomic E-state index is 12.5. The first-order valence-electron chi connectivity index (χ1n) is 6.25. The second kappa shape index (κ2) is 4.84. The molecule has 0 aromatic heterocycles. The van der Waals surface area contributed by atoms with E-state index in [1.165, 1.54) is 0 Å². The van der Waals surface area contributed by atoms with Gasteiger partial charge in [-0.15, -0.1) is 0 Å². The molecule has 0 aromatic rings. The summed E-state index contributed by atoms with van der Waals surface area (Å²) < 4.78 is 31.3. The lowest BCUT2D eigenvalue weighted by atomic mass is 10.2. The van der Waals surface area contributed by atoms with Crippen molar-refractivity contribution in [2.45, 2.75) is 37.5 Å². The van der Waals surface area contributed by atoms with E-state index in [2.05, 4.69) is 5.32 Å². The molecule has 2 aliphatic heterocycles. The number of hydrogen-bond acceptors (Lipinski definition) is 4. The van der Waals surface area contributed by atoms with Gasteiger partial charge in [-0.2, -0.15) is 4.31 Å². The van der Waals surface area contributed by atoms with E-state index in [9.17, 15) is 8.42 Å². The quantitative estimate of drug-likeness (QED) is 0.771. The Morgan fingerprint density at radius 2 is 2.24 bits per heavy atom. The first-order valence-corrected chi connectivity index (χ1v) is 7.69. The molecular formula is C11H22N2O3S. The molecule has 6 heteroatoms. The number of sulfonamides is 1. The first-order chi connectivity index (χ1) is 7.93. The van der Waals surface area contributed by atoms with Crippen LogP contribution in [0.2, 0.25) is 0 Å². The molecule has 0 amide bonds. The molecule has 5 nitrogen and oxygen atoms in total. The van der Waals surface area contributed by atoms with E-state index in [-0.39, 0.29) is 6.10 Å². The molecule has 0 saturated carbocycles. The van der Waals surface area contributed by atoms with Crippen molar-refractivity contribution < 1.29 is 13.2 Å². The Kier molecular flexibility index (Phi) is 3.77. The van der Waals surface area contributed by atoms with Gasteiger partial charge < -0.3 is 10.1 Å². The van der Waals surface area contributed by atoms with Gasteiger partial charge in [0, 0.05) is 32.8 Å². The van der Waals surface area contributed by atoms with Gasteiger partial charge >= 0.3 is 0 Å². The number of ether oxygens (including phenoxy) is 1. The van der Waals surface area contributed by atoms with Gasteiger partial charge in [-0.3, -0.25) is 0 Å². The molecule has 0 bridgehead atoms. The van der Waals surface area contributed by atoms with Gasteiger partial charge in [0.1, 0.15) is 0 Å². The van der Waals surface area contributed by atoms with Crippen molar-refractivity contribution in [3.63, 3.8) is 0 Å². The maximum Gasteiger partial charge on any atom is 0.220 e. The minimum atomic E-state index is -3.23. The fourth-order valence-electron chi connectivity index (χ4n) is 2.36. The average Bonchev–Trinajstić information content (AvgIpc) is 2.71. The summed E-state index contributed by atoms with van der Waals surface area (Å²) in [5.41, 5.74) is 0. The van der Waals surface area contributed by atoms with E-state index in [0.717, 1.165) is 26.0 Å². The fraction of sp³-hybridized carbons (Fsp3) is 1.00. The van der Waals surface area contributed by atoms with Crippen LogP contribution in [0.4, 0.5) is 0 Å². The Morgan fingerprint density at radius 1 is 1.47 bits per heavy atom. The van der Waals surface area contributed by atoms with Crippen LogP contribution in [-0.2, 0) is 14.8 Å². The van der Waals surface area contributed by atoms with Crippen molar-refractivity contribution in [3.05, 3.63) is 0 Å². The Morgan fingerprint density at radius 3 is 2.88 bits per heavy atom. The summed E-state index contributed by atoms with van der Waals surface area (Å²) in [6, 6.07) is 0. The van der Waals surface area contributed by atoms with Crippen molar-refractivity contribution >= 4 is 10.0 Å². The van der Waals surface area contributed by atoms with Crippen LogP contribution in [0, 0.1) is 0 Å². The highest BCUT2D eigenvalue weighted by atomic mass is 32.2. The highest BCUT2D eigenvalue weighted by molar-refractivity contribution is 7.90. The Hall–Kier alpha value is -0.170. The molecule has 0 aliphatic carbocycles. The molecule has 1 unspecified atom stereocenters. The lowest BCUT2D eigenvalue weighted by molar-refractivity contribution is 0.0941. The molecule has 0 radical (unpaired) electrons. The summed E-state index contributed by atoms with van der Waals surface area (Å²) in [7, 11) is -3.23. The standard InChI is InChI=1S/C11H22N2O3S/c1-11(2)9-12-5-6-13(17(11,14)15)8-10-4-3-7-16-10/h10,12H,3-9H2,1-2H3. The van der Waals surface area contributed by atoms with Gasteiger partial charge in [-0.1, -0.05) is 0 Å². The van der Waals surface area contributed by atoms with E-state index in [1.54, 1.807) is 18.2 Å². The molecule has 0 spiro atoms. The summed E-state index contributed by atoms with van der Waals surface area (Å²) in [5.74, 6) is 0. The van der Waals surface area contributed by atoms with E-state index in [4.69, 9.17) is 4.74 Å². The minimum Gasteiger partial charge on any atom is -0.377 e. The van der Waals surface area contributed by atoms with Crippen LogP contribution in [0.5, 0.6) is 0 Å². The number of hydrogen-bond donors (Lipinski definition) is 1. The molecule has 17 heavy (non-hydrogen) atoms. The average molecular weight is 262 g/mol. The zero-order valence-electron chi connectivity index (χ0n) is 10.6. The van der Waals surface area contributed by atoms with E-state index in [0.29, 0.717) is 19.6 Å². The third-order valence-corrected chi connectivity index (χ3v) is 6.11. The maximum absolute atomic E-state index is 12.5. The van der Waals surface area contributed by atoms with Crippen LogP contribution >= 0.6 is 0 Å². The zero-order valence-corrected chi connectivity index (χ0v) is 11.4. The Bertz CT molecular complexity index is 361. The smallest absolute Gasteiger partial charge is 0.220 e. The SMILES string of the molecule is CC1(C)CNCCN(CC2CCCO2)S1(=O)=O. The van der Waals surface area contributed by atoms with Crippen molar-refractivity contribution in [1.82, 2.24) is 9.62 Å². The van der Waals surface area contributed by atoms with Crippen LogP contribution in [0.3, 0.4) is 0 Å². The van der Waals surface area contributed by atoms with Crippen molar-refractivity contribution in [2.75, 3.05) is 32.8 Å². The van der Waals surface area contributed by atoms with Gasteiger partial charge in [0.05, 0.1) is 10.9 Å². The predicted octanol–water partition coefficient (Wildman–Crippen LogP) is 0.179. The molecule has 2 aliphatic rings. The lowest BCUT2D eigenvalue weighted by Gasteiger charge is -2.30. The van der Waals surface area contributed by atoms with Gasteiger partial charge in [-0.05, 0) is 26.7 Å². The highest BCUT2D eigenvalue weighted by Gasteiger charge is 2.41. The number of rotatable bonds is 2. The number of nitrogens with one attached hydrogen (secondary N) is 1. The van der Waals surface area contributed by atoms with Crippen LogP contribution in [0.25, 0.3) is 0 Å². The van der Waals surface area contributed by atoms with Gasteiger partial charge in [0.15, 0.2) is 0 Å². The van der Waals surface area contributed by atoms with Crippen LogP contribution in [0.15, 0.2) is 0 Å². The van der Waals surface area contributed by atoms with E-state index >= 15 is 0 Å². The topological polar surface area (TPSA) is 58.6 Å². The summed E-state index contributed by atoms with van der Waals surface area (Å²) in [6.45, 7) is 6.61. The zero-order chi connectivity index (χ0) is 12.5. The third-order valence-electron chi connectivity index (χ3n) is 3.56. The Balaban J connectivity index is 2.13. The number of nitrogens with zero attached hydrogens (tertiary/aromatic N) is 1. The normalized spacial score (nSPS) is 33.4. The second-order valence-electron chi connectivity index (χ2n) is 5.43. The molecule has 2 heterocycles. The molecule has 2 rings (SSSR count). The lowest BCUT2D eigenvalue weighted by Crippen LogP contribution is -2.48. The van der Waals surface area contributed by atoms with Crippen LogP contribution < -0.4 is 5.32 Å². The summed E-state index contributed by atoms with van der Waals surface area (Å²) in [6.07, 6.45) is 2.10. The Labute approximate surface area is 104 Å². The summed E-state index contributed by atoms with van der Waals surface area (Å²) in [4.78, 5) is 0. The predicted molar refractivity (Wildman–Crippen MR) is 66.4 cm³/mol. The summed E-state index contributed by atoms with van der Waals surface area (Å²) >= 11 is 0. The largest absolute Gasteiger partial charge is 0.377 e. The fourth-order valence-corrected chi connectivity index (χ4v) is 4.04. The van der Waals surface area contributed by atoms with Crippen molar-refractivity contribution in [1.29, 1.82) is 0 Å². The second-order valence-corrected chi connectivity index (χ2v) is 8.01. The molecular weight excluding hydrogens is 240 g/mol. The minimum absolute atomic E-state index is 0.0821. The molecule has 2 saturated heterocycles. The third kappa shape index (κ3) is 2.65. The van der Waals surface area contributed by atoms with Crippen molar-refractivity contribution in [2.24, 2.45) is 0 Å². The monoisotopic (exact) mass is 262 g/mol. The molecule has 1 N–H and O–H groups in total. The first kappa shape index (κ1) is 13.3. The van der Waals surface area contributed by atoms with Crippen LogP contribution in [-0.4, -0.2) is 56.4 Å². The van der Waals surface area contributed by atoms with Crippen molar-refractivity contribution in [3.8, 4) is 0 Å². The van der Waals surface area contributed by atoms with E-state index in [1.807, 2.05) is 0 Å². The van der Waals surface area contributed by atoms with Gasteiger partial charge in [0.25, 0.3) is 0 Å². The van der Waals surface area contributed by atoms with E-state index < -0.39 is 14.8 Å².